The first-order chi connectivity index (χ1) is 16.0. The van der Waals surface area contributed by atoms with Crippen LogP contribution in [0.3, 0.4) is 0 Å². The normalized spacial score (nSPS) is 12.8. The molecule has 6 nitrogen and oxygen atoms in total. The number of nitrogens with zero attached hydrogens (tertiary/aromatic N) is 4. The van der Waals surface area contributed by atoms with E-state index in [1.165, 1.54) is 18.3 Å². The summed E-state index contributed by atoms with van der Waals surface area (Å²) in [5.74, 6) is -0.159. The Morgan fingerprint density at radius 1 is 1.24 bits per heavy atom. The fourth-order valence-corrected chi connectivity index (χ4v) is 4.18. The molecule has 0 aliphatic rings. The second-order valence-corrected chi connectivity index (χ2v) is 8.01. The lowest BCUT2D eigenvalue weighted by atomic mass is 9.93. The number of halogens is 5. The van der Waals surface area contributed by atoms with Gasteiger partial charge in [0.1, 0.15) is 34.4 Å². The van der Waals surface area contributed by atoms with Crippen LogP contribution in [-0.4, -0.2) is 26.0 Å². The maximum atomic E-state index is 15.0. The molecule has 0 aliphatic carbocycles. The number of hydrogen-bond acceptors (Lipinski definition) is 5. The lowest BCUT2D eigenvalue weighted by molar-refractivity contribution is -0.141. The zero-order valence-corrected chi connectivity index (χ0v) is 19.2. The van der Waals surface area contributed by atoms with Crippen LogP contribution in [0.4, 0.5) is 23.4 Å². The highest BCUT2D eigenvalue weighted by molar-refractivity contribution is 6.34. The van der Waals surface area contributed by atoms with Crippen molar-refractivity contribution in [1.82, 2.24) is 19.4 Å². The number of aryl methyl sites for hydroxylation is 1. The van der Waals surface area contributed by atoms with Crippen molar-refractivity contribution >= 4 is 22.9 Å². The van der Waals surface area contributed by atoms with E-state index < -0.39 is 23.6 Å². The number of fused-ring (bicyclic) bond motifs is 1. The van der Waals surface area contributed by atoms with Crippen molar-refractivity contribution in [2.24, 2.45) is 0 Å². The van der Waals surface area contributed by atoms with E-state index in [2.05, 4.69) is 15.0 Å². The second kappa shape index (κ2) is 8.75. The number of aromatic nitrogens is 4. The number of hydrogen-bond donors (Lipinski definition) is 1. The van der Waals surface area contributed by atoms with Crippen LogP contribution in [0.1, 0.15) is 42.5 Å². The molecule has 0 aliphatic heterocycles. The van der Waals surface area contributed by atoms with Crippen molar-refractivity contribution in [2.75, 3.05) is 12.3 Å². The van der Waals surface area contributed by atoms with Crippen molar-refractivity contribution in [3.05, 3.63) is 70.4 Å². The average Bonchev–Trinajstić information content (AvgIpc) is 3.13. The highest BCUT2D eigenvalue weighted by atomic mass is 35.5. The van der Waals surface area contributed by atoms with Gasteiger partial charge >= 0.3 is 6.18 Å². The van der Waals surface area contributed by atoms with Gasteiger partial charge in [-0.1, -0.05) is 24.6 Å². The summed E-state index contributed by atoms with van der Waals surface area (Å²) in [5, 5.41) is -0.279. The van der Waals surface area contributed by atoms with Gasteiger partial charge in [0.2, 0.25) is 0 Å². The zero-order valence-electron chi connectivity index (χ0n) is 18.4. The van der Waals surface area contributed by atoms with Crippen LogP contribution in [0, 0.1) is 12.7 Å². The van der Waals surface area contributed by atoms with Crippen molar-refractivity contribution in [2.45, 2.75) is 32.9 Å². The van der Waals surface area contributed by atoms with Crippen molar-refractivity contribution in [3.63, 3.8) is 0 Å². The summed E-state index contributed by atoms with van der Waals surface area (Å²) < 4.78 is 61.6. The molecule has 0 saturated carbocycles. The Morgan fingerprint density at radius 3 is 2.59 bits per heavy atom. The molecule has 4 rings (SSSR count). The minimum atomic E-state index is -4.61. The lowest BCUT2D eigenvalue weighted by Crippen LogP contribution is -2.09. The van der Waals surface area contributed by atoms with Gasteiger partial charge in [0.15, 0.2) is 0 Å². The SMILES string of the molecule is CCOc1c(C(C)c2nc(C)c3c(N)nccn23)cc(F)c(Cl)c1-c1ccc(C(F)(F)F)nc1. The number of anilines is 1. The van der Waals surface area contributed by atoms with Crippen molar-refractivity contribution in [1.29, 1.82) is 0 Å². The first-order valence-corrected chi connectivity index (χ1v) is 10.7. The summed E-state index contributed by atoms with van der Waals surface area (Å²) in [6.07, 6.45) is -0.374. The number of nitrogen functional groups attached to an aromatic ring is 1. The molecule has 34 heavy (non-hydrogen) atoms. The molecule has 0 spiro atoms. The van der Waals surface area contributed by atoms with E-state index in [-0.39, 0.29) is 28.5 Å². The summed E-state index contributed by atoms with van der Waals surface area (Å²) in [6, 6.07) is 3.26. The van der Waals surface area contributed by atoms with Crippen LogP contribution in [0.2, 0.25) is 5.02 Å². The Labute approximate surface area is 197 Å². The van der Waals surface area contributed by atoms with E-state index in [9.17, 15) is 13.2 Å². The Bertz CT molecular complexity index is 1370. The van der Waals surface area contributed by atoms with Gasteiger partial charge < -0.3 is 10.5 Å². The Balaban J connectivity index is 1.93. The van der Waals surface area contributed by atoms with Gasteiger partial charge in [-0.15, -0.1) is 0 Å². The molecule has 1 atom stereocenters. The van der Waals surface area contributed by atoms with Crippen LogP contribution in [0.25, 0.3) is 16.6 Å². The first-order valence-electron chi connectivity index (χ1n) is 10.3. The van der Waals surface area contributed by atoms with Gasteiger partial charge in [0.05, 0.1) is 17.3 Å². The van der Waals surface area contributed by atoms with Gasteiger partial charge in [-0.05, 0) is 26.0 Å². The summed E-state index contributed by atoms with van der Waals surface area (Å²) in [7, 11) is 0. The molecule has 178 valence electrons. The first kappa shape index (κ1) is 23.7. The minimum absolute atomic E-state index is 0.116. The molecule has 11 heteroatoms. The number of imidazole rings is 1. The molecule has 3 aromatic heterocycles. The van der Waals surface area contributed by atoms with Gasteiger partial charge in [0, 0.05) is 41.2 Å². The molecule has 4 aromatic rings. The number of benzene rings is 1. The number of alkyl halides is 3. The van der Waals surface area contributed by atoms with Crippen LogP contribution in [0.15, 0.2) is 36.8 Å². The summed E-state index contributed by atoms with van der Waals surface area (Å²) in [5.41, 5.74) is 6.94. The minimum Gasteiger partial charge on any atom is -0.493 e. The summed E-state index contributed by atoms with van der Waals surface area (Å²) >= 11 is 6.29. The Morgan fingerprint density at radius 2 is 1.97 bits per heavy atom. The molecule has 0 fully saturated rings. The van der Waals surface area contributed by atoms with Crippen molar-refractivity contribution < 1.29 is 22.3 Å². The summed E-state index contributed by atoms with van der Waals surface area (Å²) in [6.45, 7) is 5.54. The number of pyridine rings is 1. The molecule has 3 heterocycles. The Kier molecular flexibility index (Phi) is 6.11. The maximum Gasteiger partial charge on any atom is 0.433 e. The highest BCUT2D eigenvalue weighted by Gasteiger charge is 2.33. The van der Waals surface area contributed by atoms with Gasteiger partial charge in [0.25, 0.3) is 0 Å². The molecule has 1 unspecified atom stereocenters. The molecule has 2 N–H and O–H groups in total. The van der Waals surface area contributed by atoms with E-state index in [4.69, 9.17) is 22.1 Å². The molecule has 0 radical (unpaired) electrons. The smallest absolute Gasteiger partial charge is 0.433 e. The predicted molar refractivity (Wildman–Crippen MR) is 120 cm³/mol. The number of ether oxygens (including phenoxy) is 1. The third-order valence-corrected chi connectivity index (χ3v) is 5.84. The molecule has 0 bridgehead atoms. The quantitative estimate of drug-likeness (QED) is 0.343. The van der Waals surface area contributed by atoms with Crippen LogP contribution in [0.5, 0.6) is 5.75 Å². The molecule has 0 saturated heterocycles. The molecular weight excluding hydrogens is 474 g/mol. The third kappa shape index (κ3) is 4.02. The maximum absolute atomic E-state index is 15.0. The molecule has 0 amide bonds. The fourth-order valence-electron chi connectivity index (χ4n) is 3.93. The third-order valence-electron chi connectivity index (χ3n) is 5.47. The number of nitrogens with two attached hydrogens (primary N) is 1. The van der Waals surface area contributed by atoms with Crippen LogP contribution in [-0.2, 0) is 6.18 Å². The van der Waals surface area contributed by atoms with E-state index >= 15 is 4.39 Å². The van der Waals surface area contributed by atoms with Gasteiger partial charge in [-0.2, -0.15) is 13.2 Å². The fraction of sp³-hybridized carbons (Fsp3) is 0.261. The Hall–Kier alpha value is -3.40. The zero-order chi connectivity index (χ0) is 24.8. The standard InChI is InChI=1S/C23H20ClF4N5O/c1-4-34-20-14(11(2)22-32-12(3)19-21(29)30-7-8-33(19)22)9-15(25)18(24)17(20)13-5-6-16(31-10-13)23(26,27)28/h5-11H,4H2,1-3H3,(H2,29,30). The van der Waals surface area contributed by atoms with Gasteiger partial charge in [-0.25, -0.2) is 14.4 Å². The van der Waals surface area contributed by atoms with E-state index in [0.29, 0.717) is 28.4 Å². The number of rotatable bonds is 5. The second-order valence-electron chi connectivity index (χ2n) is 7.64. The van der Waals surface area contributed by atoms with Crippen LogP contribution >= 0.6 is 11.6 Å². The molecule has 1 aromatic carbocycles. The highest BCUT2D eigenvalue weighted by Crippen LogP contribution is 2.45. The monoisotopic (exact) mass is 493 g/mol. The van der Waals surface area contributed by atoms with E-state index in [1.54, 1.807) is 24.4 Å². The lowest BCUT2D eigenvalue weighted by Gasteiger charge is -2.21. The summed E-state index contributed by atoms with van der Waals surface area (Å²) in [4.78, 5) is 12.2. The predicted octanol–water partition coefficient (Wildman–Crippen LogP) is 6.04. The van der Waals surface area contributed by atoms with E-state index in [0.717, 1.165) is 12.3 Å². The van der Waals surface area contributed by atoms with Gasteiger partial charge in [-0.3, -0.25) is 9.38 Å². The molecular formula is C23H20ClF4N5O. The van der Waals surface area contributed by atoms with Crippen LogP contribution < -0.4 is 10.5 Å². The largest absolute Gasteiger partial charge is 0.493 e. The average molecular weight is 494 g/mol. The van der Waals surface area contributed by atoms with Crippen molar-refractivity contribution in [3.8, 4) is 16.9 Å². The topological polar surface area (TPSA) is 78.3 Å². The van der Waals surface area contributed by atoms with E-state index in [1.807, 2.05) is 6.92 Å².